The predicted octanol–water partition coefficient (Wildman–Crippen LogP) is 2.24. The fourth-order valence-electron chi connectivity index (χ4n) is 2.50. The fourth-order valence-corrected chi connectivity index (χ4v) is 2.50. The third-order valence-corrected chi connectivity index (χ3v) is 3.49. The van der Waals surface area contributed by atoms with Crippen LogP contribution < -0.4 is 15.4 Å². The number of nitrogens with zero attached hydrogens (tertiary/aromatic N) is 1. The Balaban J connectivity index is 2.25. The summed E-state index contributed by atoms with van der Waals surface area (Å²) in [5, 5.41) is 0. The Kier molecular flexibility index (Phi) is 3.57. The van der Waals surface area contributed by atoms with Gasteiger partial charge in [-0.3, -0.25) is 0 Å². The summed E-state index contributed by atoms with van der Waals surface area (Å²) in [5.41, 5.74) is 9.31. The van der Waals surface area contributed by atoms with E-state index in [0.717, 1.165) is 31.7 Å². The number of likely N-dealkylation sites (N-methyl/N-ethyl adjacent to an activating group) is 1. The fraction of sp³-hybridized carbons (Fsp3) is 0.571. The van der Waals surface area contributed by atoms with Gasteiger partial charge in [-0.2, -0.15) is 0 Å². The first kappa shape index (κ1) is 12.2. The topological polar surface area (TPSA) is 38.5 Å². The molecule has 1 aromatic rings. The van der Waals surface area contributed by atoms with Crippen molar-refractivity contribution in [1.82, 2.24) is 0 Å². The molecule has 94 valence electrons. The molecule has 1 atom stereocenters. The lowest BCUT2D eigenvalue weighted by Gasteiger charge is -2.37. The van der Waals surface area contributed by atoms with E-state index in [1.807, 2.05) is 0 Å². The van der Waals surface area contributed by atoms with Crippen molar-refractivity contribution in [3.8, 4) is 5.75 Å². The van der Waals surface area contributed by atoms with E-state index in [1.54, 1.807) is 0 Å². The highest BCUT2D eigenvalue weighted by Gasteiger charge is 2.25. The maximum absolute atomic E-state index is 5.91. The number of anilines is 1. The smallest absolute Gasteiger partial charge is 0.145 e. The van der Waals surface area contributed by atoms with E-state index in [0.29, 0.717) is 6.04 Å². The van der Waals surface area contributed by atoms with Crippen molar-refractivity contribution < 1.29 is 4.74 Å². The van der Waals surface area contributed by atoms with Crippen molar-refractivity contribution in [2.75, 3.05) is 25.1 Å². The Morgan fingerprint density at radius 1 is 1.41 bits per heavy atom. The van der Waals surface area contributed by atoms with Crippen LogP contribution in [0.2, 0.25) is 0 Å². The molecule has 3 heteroatoms. The zero-order chi connectivity index (χ0) is 12.4. The average molecular weight is 234 g/mol. The second-order valence-corrected chi connectivity index (χ2v) is 4.94. The number of aryl methyl sites for hydroxylation is 2. The summed E-state index contributed by atoms with van der Waals surface area (Å²) < 4.78 is 5.91. The van der Waals surface area contributed by atoms with Gasteiger partial charge in [0.2, 0.25) is 0 Å². The molecule has 0 aromatic heterocycles. The van der Waals surface area contributed by atoms with E-state index in [4.69, 9.17) is 10.5 Å². The summed E-state index contributed by atoms with van der Waals surface area (Å²) in [6.07, 6.45) is 2.15. The van der Waals surface area contributed by atoms with E-state index >= 15 is 0 Å². The summed E-state index contributed by atoms with van der Waals surface area (Å²) >= 11 is 0. The molecule has 3 nitrogen and oxygen atoms in total. The van der Waals surface area contributed by atoms with Gasteiger partial charge in [-0.25, -0.2) is 0 Å². The quantitative estimate of drug-likeness (QED) is 0.871. The maximum atomic E-state index is 5.91. The predicted molar refractivity (Wildman–Crippen MR) is 71.9 cm³/mol. The highest BCUT2D eigenvalue weighted by Crippen LogP contribution is 2.37. The third-order valence-electron chi connectivity index (χ3n) is 3.49. The lowest BCUT2D eigenvalue weighted by molar-refractivity contribution is 0.257. The van der Waals surface area contributed by atoms with Crippen LogP contribution in [-0.4, -0.2) is 26.2 Å². The molecule has 0 saturated carbocycles. The zero-order valence-electron chi connectivity index (χ0n) is 11.0. The normalized spacial score (nSPS) is 18.8. The van der Waals surface area contributed by atoms with Crippen molar-refractivity contribution in [2.45, 2.75) is 32.7 Å². The first-order chi connectivity index (χ1) is 8.13. The molecule has 1 heterocycles. The number of hydrogen-bond acceptors (Lipinski definition) is 3. The van der Waals surface area contributed by atoms with Crippen LogP contribution >= 0.6 is 0 Å². The average Bonchev–Trinajstić information content (AvgIpc) is 2.29. The van der Waals surface area contributed by atoms with Crippen molar-refractivity contribution in [3.63, 3.8) is 0 Å². The van der Waals surface area contributed by atoms with Gasteiger partial charge in [0.05, 0.1) is 11.7 Å². The summed E-state index contributed by atoms with van der Waals surface area (Å²) in [5.74, 6) is 1.04. The van der Waals surface area contributed by atoms with Crippen LogP contribution in [0.1, 0.15) is 24.0 Å². The maximum Gasteiger partial charge on any atom is 0.145 e. The number of benzene rings is 1. The number of ether oxygens (including phenoxy) is 1. The Morgan fingerprint density at radius 2 is 2.18 bits per heavy atom. The van der Waals surface area contributed by atoms with Crippen molar-refractivity contribution in [1.29, 1.82) is 0 Å². The number of hydrogen-bond donors (Lipinski definition) is 1. The van der Waals surface area contributed by atoms with Gasteiger partial charge in [0.15, 0.2) is 0 Å². The van der Waals surface area contributed by atoms with Crippen LogP contribution in [0.25, 0.3) is 0 Å². The molecular formula is C14H22N2O. The molecule has 2 N–H and O–H groups in total. The summed E-state index contributed by atoms with van der Waals surface area (Å²) in [4.78, 5) is 2.34. The number of fused-ring (bicyclic) bond motifs is 1. The van der Waals surface area contributed by atoms with E-state index in [9.17, 15) is 0 Å². The second-order valence-electron chi connectivity index (χ2n) is 4.94. The monoisotopic (exact) mass is 234 g/mol. The highest BCUT2D eigenvalue weighted by molar-refractivity contribution is 5.64. The minimum absolute atomic E-state index is 0.451. The summed E-state index contributed by atoms with van der Waals surface area (Å²) in [6, 6.07) is 4.83. The van der Waals surface area contributed by atoms with Crippen molar-refractivity contribution in [2.24, 2.45) is 5.73 Å². The van der Waals surface area contributed by atoms with Gasteiger partial charge in [-0.1, -0.05) is 6.07 Å². The van der Waals surface area contributed by atoms with Crippen LogP contribution in [-0.2, 0) is 0 Å². The molecule has 0 aliphatic carbocycles. The Bertz CT molecular complexity index is 403. The highest BCUT2D eigenvalue weighted by atomic mass is 16.5. The van der Waals surface area contributed by atoms with Crippen LogP contribution in [0.3, 0.4) is 0 Å². The van der Waals surface area contributed by atoms with E-state index < -0.39 is 0 Å². The van der Waals surface area contributed by atoms with Crippen LogP contribution in [0, 0.1) is 13.8 Å². The van der Waals surface area contributed by atoms with Gasteiger partial charge < -0.3 is 15.4 Å². The van der Waals surface area contributed by atoms with E-state index in [1.165, 1.54) is 16.8 Å². The lowest BCUT2D eigenvalue weighted by atomic mass is 10.0. The summed E-state index contributed by atoms with van der Waals surface area (Å²) in [6.45, 7) is 5.77. The Labute approximate surface area is 104 Å². The van der Waals surface area contributed by atoms with Gasteiger partial charge >= 0.3 is 0 Å². The molecule has 1 aliphatic rings. The molecule has 0 saturated heterocycles. The first-order valence-corrected chi connectivity index (χ1v) is 6.30. The van der Waals surface area contributed by atoms with Gasteiger partial charge in [-0.15, -0.1) is 0 Å². The molecule has 2 rings (SSSR count). The van der Waals surface area contributed by atoms with Crippen molar-refractivity contribution in [3.05, 3.63) is 23.3 Å². The Morgan fingerprint density at radius 3 is 2.88 bits per heavy atom. The van der Waals surface area contributed by atoms with Gasteiger partial charge in [0.1, 0.15) is 12.4 Å². The summed E-state index contributed by atoms with van der Waals surface area (Å²) in [7, 11) is 2.15. The Hall–Kier alpha value is -1.22. The molecule has 1 aromatic carbocycles. The molecule has 0 fully saturated rings. The van der Waals surface area contributed by atoms with E-state index in [2.05, 4.69) is 37.9 Å². The minimum atomic E-state index is 0.451. The molecule has 0 bridgehead atoms. The van der Waals surface area contributed by atoms with Gasteiger partial charge in [-0.05, 0) is 50.4 Å². The second kappa shape index (κ2) is 4.96. The van der Waals surface area contributed by atoms with Gasteiger partial charge in [0.25, 0.3) is 0 Å². The number of rotatable bonds is 3. The molecule has 0 amide bonds. The van der Waals surface area contributed by atoms with Crippen LogP contribution in [0.15, 0.2) is 12.1 Å². The van der Waals surface area contributed by atoms with Crippen molar-refractivity contribution >= 4 is 5.69 Å². The lowest BCUT2D eigenvalue weighted by Crippen LogP contribution is -2.40. The van der Waals surface area contributed by atoms with Crippen LogP contribution in [0.4, 0.5) is 5.69 Å². The molecule has 17 heavy (non-hydrogen) atoms. The SMILES string of the molecule is Cc1cc(C)c2c(c1)N(C)C(CCCN)CO2. The molecular weight excluding hydrogens is 212 g/mol. The van der Waals surface area contributed by atoms with Crippen LogP contribution in [0.5, 0.6) is 5.75 Å². The van der Waals surface area contributed by atoms with Gasteiger partial charge in [0, 0.05) is 7.05 Å². The third kappa shape index (κ3) is 2.39. The largest absolute Gasteiger partial charge is 0.489 e. The standard InChI is InChI=1S/C14H22N2O/c1-10-7-11(2)14-13(8-10)16(3)12(9-17-14)5-4-6-15/h7-8,12H,4-6,9,15H2,1-3H3. The zero-order valence-corrected chi connectivity index (χ0v) is 11.0. The molecule has 1 unspecified atom stereocenters. The first-order valence-electron chi connectivity index (χ1n) is 6.30. The number of nitrogens with two attached hydrogens (primary N) is 1. The molecule has 0 spiro atoms. The van der Waals surface area contributed by atoms with E-state index in [-0.39, 0.29) is 0 Å². The minimum Gasteiger partial charge on any atom is -0.489 e. The molecule has 1 aliphatic heterocycles. The molecule has 0 radical (unpaired) electrons.